The van der Waals surface area contributed by atoms with Crippen LogP contribution in [0, 0.1) is 5.41 Å². The Morgan fingerprint density at radius 1 is 1.15 bits per heavy atom. The largest absolute Gasteiger partial charge is 0.392 e. The third-order valence-corrected chi connectivity index (χ3v) is 7.22. The summed E-state index contributed by atoms with van der Waals surface area (Å²) >= 11 is 0. The van der Waals surface area contributed by atoms with Gasteiger partial charge < -0.3 is 14.8 Å². The van der Waals surface area contributed by atoms with Gasteiger partial charge >= 0.3 is 0 Å². The summed E-state index contributed by atoms with van der Waals surface area (Å²) in [6.45, 7) is 3.46. The molecule has 0 saturated carbocycles. The van der Waals surface area contributed by atoms with Crippen molar-refractivity contribution in [3.05, 3.63) is 80.5 Å². The molecule has 40 heavy (non-hydrogen) atoms. The van der Waals surface area contributed by atoms with Crippen LogP contribution in [0.4, 0.5) is 15.9 Å². The van der Waals surface area contributed by atoms with Crippen LogP contribution < -0.4 is 16.4 Å². The second kappa shape index (κ2) is 9.52. The van der Waals surface area contributed by atoms with Gasteiger partial charge in [-0.1, -0.05) is 19.1 Å². The number of rotatable bonds is 7. The lowest BCUT2D eigenvalue weighted by molar-refractivity contribution is 0.281. The van der Waals surface area contributed by atoms with Gasteiger partial charge in [-0.2, -0.15) is 5.10 Å². The van der Waals surface area contributed by atoms with Gasteiger partial charge in [0.15, 0.2) is 5.82 Å². The van der Waals surface area contributed by atoms with E-state index in [2.05, 4.69) is 39.6 Å². The molecule has 5 aromatic heterocycles. The molecular formula is C27H28FN9O3. The molecule has 0 aliphatic heterocycles. The zero-order valence-corrected chi connectivity index (χ0v) is 22.3. The number of aryl methyl sites for hydroxylation is 2. The van der Waals surface area contributed by atoms with E-state index in [1.165, 1.54) is 40.3 Å². The number of aliphatic hydroxyl groups is 1. The van der Waals surface area contributed by atoms with Crippen LogP contribution in [0.1, 0.15) is 30.7 Å². The van der Waals surface area contributed by atoms with Gasteiger partial charge in [0.25, 0.3) is 11.1 Å². The summed E-state index contributed by atoms with van der Waals surface area (Å²) in [6, 6.07) is 5.14. The first-order valence-corrected chi connectivity index (χ1v) is 12.8. The van der Waals surface area contributed by atoms with E-state index in [1.807, 2.05) is 16.7 Å². The molecule has 5 heterocycles. The first kappa shape index (κ1) is 25.6. The van der Waals surface area contributed by atoms with E-state index in [-0.39, 0.29) is 34.8 Å². The molecule has 0 amide bonds. The fourth-order valence-electron chi connectivity index (χ4n) is 5.43. The minimum absolute atomic E-state index is 0.0446. The molecule has 13 heteroatoms. The third-order valence-electron chi connectivity index (χ3n) is 7.22. The second-order valence-corrected chi connectivity index (χ2v) is 10.7. The smallest absolute Gasteiger partial charge is 0.290 e. The molecular weight excluding hydrogens is 517 g/mol. The van der Waals surface area contributed by atoms with Crippen LogP contribution in [0.25, 0.3) is 22.6 Å². The van der Waals surface area contributed by atoms with Crippen molar-refractivity contribution in [3.63, 3.8) is 0 Å². The average Bonchev–Trinajstić information content (AvgIpc) is 3.59. The number of anilines is 2. The number of pyridine rings is 1. The molecule has 0 saturated heterocycles. The van der Waals surface area contributed by atoms with Crippen molar-refractivity contribution in [2.75, 3.05) is 12.0 Å². The maximum Gasteiger partial charge on any atom is 0.290 e. The van der Waals surface area contributed by atoms with Crippen molar-refractivity contribution in [1.29, 1.82) is 0 Å². The fraction of sp³-hybridized carbons (Fsp3) is 0.333. The molecule has 0 atom stereocenters. The third kappa shape index (κ3) is 4.28. The maximum atomic E-state index is 13.6. The van der Waals surface area contributed by atoms with Gasteiger partial charge in [0.05, 0.1) is 25.0 Å². The molecule has 206 valence electrons. The molecule has 0 spiro atoms. The summed E-state index contributed by atoms with van der Waals surface area (Å²) < 4.78 is 18.5. The molecule has 0 aromatic carbocycles. The molecule has 1 aliphatic carbocycles. The minimum atomic E-state index is -0.598. The second-order valence-electron chi connectivity index (χ2n) is 10.7. The van der Waals surface area contributed by atoms with Crippen LogP contribution in [0.15, 0.2) is 52.6 Å². The van der Waals surface area contributed by atoms with Crippen molar-refractivity contribution in [2.45, 2.75) is 39.8 Å². The van der Waals surface area contributed by atoms with Crippen molar-refractivity contribution in [1.82, 2.24) is 38.7 Å². The van der Waals surface area contributed by atoms with Crippen molar-refractivity contribution < 1.29 is 9.50 Å². The number of nitrogens with zero attached hydrogens (tertiary/aromatic N) is 8. The van der Waals surface area contributed by atoms with Gasteiger partial charge in [-0.25, -0.2) is 18.7 Å². The highest BCUT2D eigenvalue weighted by Gasteiger charge is 2.31. The number of halogens is 1. The Bertz CT molecular complexity index is 1880. The first-order chi connectivity index (χ1) is 19.2. The standard InChI is InChI=1S/C27H28FN9O3/c1-27(2)12-16-10-21-26(40)37(9-8-36(21)22(16)13-27)24-18(15-38)17(4-6-29-24)19-11-20(25(39)34(3)32-19)30-23-14-35(7-5-28)33-31-23/h4,6,8-11,14,30,38H,5,7,12-13,15H2,1-3H3. The highest BCUT2D eigenvalue weighted by atomic mass is 19.1. The van der Waals surface area contributed by atoms with Crippen LogP contribution >= 0.6 is 0 Å². The number of aromatic nitrogens is 8. The fourth-order valence-corrected chi connectivity index (χ4v) is 5.43. The Hall–Kier alpha value is -4.65. The van der Waals surface area contributed by atoms with Crippen LogP contribution in [0.5, 0.6) is 0 Å². The number of nitrogens with one attached hydrogen (secondary N) is 1. The van der Waals surface area contributed by atoms with Crippen LogP contribution in [0.2, 0.25) is 0 Å². The average molecular weight is 546 g/mol. The Labute approximate surface area is 227 Å². The van der Waals surface area contributed by atoms with E-state index in [4.69, 9.17) is 0 Å². The molecule has 2 N–H and O–H groups in total. The van der Waals surface area contributed by atoms with Crippen LogP contribution in [0.3, 0.4) is 0 Å². The summed E-state index contributed by atoms with van der Waals surface area (Å²) in [5, 5.41) is 25.5. The number of aliphatic hydroxyl groups excluding tert-OH is 1. The van der Waals surface area contributed by atoms with Crippen LogP contribution in [-0.2, 0) is 33.0 Å². The Balaban J connectivity index is 1.43. The molecule has 12 nitrogen and oxygen atoms in total. The Morgan fingerprint density at radius 2 is 1.98 bits per heavy atom. The Morgan fingerprint density at radius 3 is 2.75 bits per heavy atom. The van der Waals surface area contributed by atoms with Gasteiger partial charge in [0, 0.05) is 42.5 Å². The molecule has 5 aromatic rings. The zero-order chi connectivity index (χ0) is 28.2. The normalized spacial score (nSPS) is 14.1. The van der Waals surface area contributed by atoms with E-state index in [0.29, 0.717) is 22.3 Å². The molecule has 6 rings (SSSR count). The van der Waals surface area contributed by atoms with Gasteiger partial charge in [-0.3, -0.25) is 14.2 Å². The van der Waals surface area contributed by atoms with E-state index < -0.39 is 18.8 Å². The SMILES string of the molecule is Cn1nc(-c2ccnc(-n3ccn4c5c(cc4c3=O)CC(C)(C)C5)c2CO)cc(Nc2cn(CCF)nn2)c1=O. The van der Waals surface area contributed by atoms with Gasteiger partial charge in [-0.15, -0.1) is 5.10 Å². The highest BCUT2D eigenvalue weighted by molar-refractivity contribution is 5.70. The zero-order valence-electron chi connectivity index (χ0n) is 22.3. The van der Waals surface area contributed by atoms with Gasteiger partial charge in [0.2, 0.25) is 0 Å². The maximum absolute atomic E-state index is 13.6. The lowest BCUT2D eigenvalue weighted by Gasteiger charge is -2.17. The van der Waals surface area contributed by atoms with Crippen molar-refractivity contribution in [3.8, 4) is 17.1 Å². The van der Waals surface area contributed by atoms with Crippen molar-refractivity contribution in [2.24, 2.45) is 12.5 Å². The summed E-state index contributed by atoms with van der Waals surface area (Å²) in [7, 11) is 1.50. The van der Waals surface area contributed by atoms with Crippen LogP contribution in [-0.4, -0.2) is 50.5 Å². The summed E-state index contributed by atoms with van der Waals surface area (Å²) in [6.07, 6.45) is 8.33. The van der Waals surface area contributed by atoms with Gasteiger partial charge in [0.1, 0.15) is 23.7 Å². The van der Waals surface area contributed by atoms with E-state index in [1.54, 1.807) is 12.3 Å². The topological polar surface area (TPSA) is 137 Å². The number of alkyl halides is 1. The lowest BCUT2D eigenvalue weighted by atomic mass is 9.90. The summed E-state index contributed by atoms with van der Waals surface area (Å²) in [4.78, 5) is 30.9. The van der Waals surface area contributed by atoms with E-state index in [0.717, 1.165) is 23.2 Å². The monoisotopic (exact) mass is 545 g/mol. The predicted octanol–water partition coefficient (Wildman–Crippen LogP) is 2.17. The van der Waals surface area contributed by atoms with E-state index >= 15 is 0 Å². The first-order valence-electron chi connectivity index (χ1n) is 12.8. The molecule has 0 bridgehead atoms. The predicted molar refractivity (Wildman–Crippen MR) is 146 cm³/mol. The highest BCUT2D eigenvalue weighted by Crippen LogP contribution is 2.37. The molecule has 0 radical (unpaired) electrons. The van der Waals surface area contributed by atoms with E-state index in [9.17, 15) is 19.1 Å². The number of hydrogen-bond acceptors (Lipinski definition) is 8. The molecule has 0 unspecified atom stereocenters. The van der Waals surface area contributed by atoms with Crippen molar-refractivity contribution >= 4 is 17.0 Å². The quantitative estimate of drug-likeness (QED) is 0.318. The summed E-state index contributed by atoms with van der Waals surface area (Å²) in [5.41, 5.74) is 3.75. The van der Waals surface area contributed by atoms with Gasteiger partial charge in [-0.05, 0) is 42.0 Å². The lowest BCUT2D eigenvalue weighted by Crippen LogP contribution is -2.24. The number of fused-ring (bicyclic) bond motifs is 3. The Kier molecular flexibility index (Phi) is 6.10. The number of hydrogen-bond donors (Lipinski definition) is 2. The molecule has 1 aliphatic rings. The minimum Gasteiger partial charge on any atom is -0.392 e. The molecule has 0 fully saturated rings. The summed E-state index contributed by atoms with van der Waals surface area (Å²) in [5.74, 6) is 0.538.